The molecule has 1 aliphatic heterocycles. The monoisotopic (exact) mass is 312 g/mol. The Labute approximate surface area is 135 Å². The normalized spacial score (nSPS) is 20.7. The van der Waals surface area contributed by atoms with Gasteiger partial charge in [0.2, 0.25) is 5.91 Å². The summed E-state index contributed by atoms with van der Waals surface area (Å²) in [5.41, 5.74) is 7.90. The van der Waals surface area contributed by atoms with Gasteiger partial charge in [0.05, 0.1) is 12.5 Å². The molecule has 1 fully saturated rings. The molecule has 4 heteroatoms. The molecule has 0 saturated carbocycles. The van der Waals surface area contributed by atoms with Crippen LogP contribution in [0.3, 0.4) is 0 Å². The number of carbonyl (C=O) groups is 1. The van der Waals surface area contributed by atoms with Gasteiger partial charge in [-0.1, -0.05) is 37.3 Å². The van der Waals surface area contributed by atoms with Crippen molar-refractivity contribution in [1.29, 1.82) is 0 Å². The molecule has 120 valence electrons. The van der Waals surface area contributed by atoms with Crippen LogP contribution in [0.15, 0.2) is 48.5 Å². The van der Waals surface area contributed by atoms with Crippen LogP contribution in [0.1, 0.15) is 30.5 Å². The SMILES string of the molecule is CC1CC(c2ccccc2F)N(C(=O)Cc2ccc(N)cc2)C1. The number of amides is 1. The molecule has 1 amide bonds. The Balaban J connectivity index is 1.80. The lowest BCUT2D eigenvalue weighted by Gasteiger charge is -2.25. The van der Waals surface area contributed by atoms with Crippen molar-refractivity contribution >= 4 is 11.6 Å². The van der Waals surface area contributed by atoms with Crippen molar-refractivity contribution in [2.45, 2.75) is 25.8 Å². The quantitative estimate of drug-likeness (QED) is 0.881. The standard InChI is InChI=1S/C19H21FN2O/c1-13-10-18(16-4-2-3-5-17(16)20)22(12-13)19(23)11-14-6-8-15(21)9-7-14/h2-9,13,18H,10-12,21H2,1H3. The summed E-state index contributed by atoms with van der Waals surface area (Å²) in [4.78, 5) is 14.5. The molecule has 2 atom stereocenters. The maximum Gasteiger partial charge on any atom is 0.227 e. The van der Waals surface area contributed by atoms with E-state index in [1.165, 1.54) is 6.07 Å². The topological polar surface area (TPSA) is 46.3 Å². The van der Waals surface area contributed by atoms with E-state index in [4.69, 9.17) is 5.73 Å². The average Bonchev–Trinajstić information content (AvgIpc) is 2.92. The zero-order valence-corrected chi connectivity index (χ0v) is 13.2. The first kappa shape index (κ1) is 15.5. The van der Waals surface area contributed by atoms with Gasteiger partial charge >= 0.3 is 0 Å². The van der Waals surface area contributed by atoms with Crippen LogP contribution >= 0.6 is 0 Å². The van der Waals surface area contributed by atoms with Gasteiger partial charge in [0.15, 0.2) is 0 Å². The Hall–Kier alpha value is -2.36. The van der Waals surface area contributed by atoms with Crippen molar-refractivity contribution in [1.82, 2.24) is 4.90 Å². The molecule has 0 bridgehead atoms. The van der Waals surface area contributed by atoms with Gasteiger partial charge in [-0.05, 0) is 36.1 Å². The fourth-order valence-electron chi connectivity index (χ4n) is 3.27. The molecular weight excluding hydrogens is 291 g/mol. The van der Waals surface area contributed by atoms with Gasteiger partial charge in [-0.3, -0.25) is 4.79 Å². The molecule has 0 aliphatic carbocycles. The summed E-state index contributed by atoms with van der Waals surface area (Å²) in [5, 5.41) is 0. The van der Waals surface area contributed by atoms with E-state index < -0.39 is 0 Å². The van der Waals surface area contributed by atoms with E-state index >= 15 is 0 Å². The molecule has 0 radical (unpaired) electrons. The molecule has 2 unspecified atom stereocenters. The smallest absolute Gasteiger partial charge is 0.227 e. The van der Waals surface area contributed by atoms with E-state index in [2.05, 4.69) is 6.92 Å². The molecule has 1 heterocycles. The molecule has 0 aromatic heterocycles. The molecule has 2 aromatic rings. The number of likely N-dealkylation sites (tertiary alicyclic amines) is 1. The third-order valence-corrected chi connectivity index (χ3v) is 4.43. The zero-order chi connectivity index (χ0) is 16.4. The van der Waals surface area contributed by atoms with Crippen LogP contribution in [0, 0.1) is 11.7 Å². The maximum absolute atomic E-state index is 14.1. The fourth-order valence-corrected chi connectivity index (χ4v) is 3.27. The largest absolute Gasteiger partial charge is 0.399 e. The third kappa shape index (κ3) is 3.36. The number of anilines is 1. The van der Waals surface area contributed by atoms with Crippen LogP contribution in [0.2, 0.25) is 0 Å². The number of rotatable bonds is 3. The number of nitrogen functional groups attached to an aromatic ring is 1. The van der Waals surface area contributed by atoms with Crippen LogP contribution in [0.25, 0.3) is 0 Å². The highest BCUT2D eigenvalue weighted by molar-refractivity contribution is 5.79. The number of carbonyl (C=O) groups excluding carboxylic acids is 1. The summed E-state index contributed by atoms with van der Waals surface area (Å²) in [7, 11) is 0. The minimum absolute atomic E-state index is 0.0346. The van der Waals surface area contributed by atoms with E-state index in [0.717, 1.165) is 12.0 Å². The number of halogens is 1. The Morgan fingerprint density at radius 2 is 1.91 bits per heavy atom. The second kappa shape index (κ2) is 6.41. The summed E-state index contributed by atoms with van der Waals surface area (Å²) >= 11 is 0. The first-order valence-electron chi connectivity index (χ1n) is 7.93. The van der Waals surface area contributed by atoms with E-state index in [-0.39, 0.29) is 17.8 Å². The van der Waals surface area contributed by atoms with Crippen LogP contribution in [-0.2, 0) is 11.2 Å². The Morgan fingerprint density at radius 3 is 2.61 bits per heavy atom. The van der Waals surface area contributed by atoms with Gasteiger partial charge in [-0.15, -0.1) is 0 Å². The van der Waals surface area contributed by atoms with Crippen molar-refractivity contribution in [3.63, 3.8) is 0 Å². The number of nitrogens with zero attached hydrogens (tertiary/aromatic N) is 1. The lowest BCUT2D eigenvalue weighted by atomic mass is 10.00. The molecule has 1 aliphatic rings. The lowest BCUT2D eigenvalue weighted by molar-refractivity contribution is -0.131. The van der Waals surface area contributed by atoms with E-state index in [1.54, 1.807) is 24.3 Å². The predicted molar refractivity (Wildman–Crippen MR) is 89.2 cm³/mol. The Morgan fingerprint density at radius 1 is 1.22 bits per heavy atom. The number of nitrogens with two attached hydrogens (primary N) is 1. The molecular formula is C19H21FN2O. The van der Waals surface area contributed by atoms with Crippen molar-refractivity contribution < 1.29 is 9.18 Å². The fraction of sp³-hybridized carbons (Fsp3) is 0.316. The van der Waals surface area contributed by atoms with E-state index in [9.17, 15) is 9.18 Å². The number of benzene rings is 2. The highest BCUT2D eigenvalue weighted by Gasteiger charge is 2.35. The van der Waals surface area contributed by atoms with Crippen molar-refractivity contribution in [2.75, 3.05) is 12.3 Å². The molecule has 23 heavy (non-hydrogen) atoms. The van der Waals surface area contributed by atoms with Gasteiger partial charge in [-0.25, -0.2) is 4.39 Å². The van der Waals surface area contributed by atoms with Gasteiger partial charge < -0.3 is 10.6 Å². The number of hydrogen-bond acceptors (Lipinski definition) is 2. The molecule has 3 rings (SSSR count). The molecule has 3 nitrogen and oxygen atoms in total. The third-order valence-electron chi connectivity index (χ3n) is 4.43. The molecule has 2 N–H and O–H groups in total. The van der Waals surface area contributed by atoms with Crippen LogP contribution in [-0.4, -0.2) is 17.4 Å². The van der Waals surface area contributed by atoms with Crippen LogP contribution < -0.4 is 5.73 Å². The number of hydrogen-bond donors (Lipinski definition) is 1. The predicted octanol–water partition coefficient (Wildman–Crippen LogP) is 3.56. The van der Waals surface area contributed by atoms with Gasteiger partial charge in [0.1, 0.15) is 5.82 Å². The highest BCUT2D eigenvalue weighted by Crippen LogP contribution is 2.36. The summed E-state index contributed by atoms with van der Waals surface area (Å²) in [6.07, 6.45) is 1.12. The van der Waals surface area contributed by atoms with Crippen LogP contribution in [0.5, 0.6) is 0 Å². The molecule has 1 saturated heterocycles. The van der Waals surface area contributed by atoms with Gasteiger partial charge in [-0.2, -0.15) is 0 Å². The lowest BCUT2D eigenvalue weighted by Crippen LogP contribution is -2.32. The Bertz CT molecular complexity index is 699. The highest BCUT2D eigenvalue weighted by atomic mass is 19.1. The van der Waals surface area contributed by atoms with Gasteiger partial charge in [0, 0.05) is 17.8 Å². The maximum atomic E-state index is 14.1. The molecule has 2 aromatic carbocycles. The minimum atomic E-state index is -0.239. The first-order chi connectivity index (χ1) is 11.0. The van der Waals surface area contributed by atoms with Crippen molar-refractivity contribution in [3.8, 4) is 0 Å². The van der Waals surface area contributed by atoms with E-state index in [1.807, 2.05) is 23.1 Å². The summed E-state index contributed by atoms with van der Waals surface area (Å²) < 4.78 is 14.1. The first-order valence-corrected chi connectivity index (χ1v) is 7.93. The minimum Gasteiger partial charge on any atom is -0.399 e. The van der Waals surface area contributed by atoms with Crippen molar-refractivity contribution in [3.05, 3.63) is 65.5 Å². The summed E-state index contributed by atoms with van der Waals surface area (Å²) in [6, 6.07) is 13.9. The Kier molecular flexibility index (Phi) is 4.33. The van der Waals surface area contributed by atoms with E-state index in [0.29, 0.717) is 30.1 Å². The van der Waals surface area contributed by atoms with Crippen LogP contribution in [0.4, 0.5) is 10.1 Å². The second-order valence-electron chi connectivity index (χ2n) is 6.34. The van der Waals surface area contributed by atoms with Crippen molar-refractivity contribution in [2.24, 2.45) is 5.92 Å². The second-order valence-corrected chi connectivity index (χ2v) is 6.34. The average molecular weight is 312 g/mol. The summed E-state index contributed by atoms with van der Waals surface area (Å²) in [6.45, 7) is 2.77. The molecule has 0 spiro atoms. The van der Waals surface area contributed by atoms with Gasteiger partial charge in [0.25, 0.3) is 0 Å². The summed E-state index contributed by atoms with van der Waals surface area (Å²) in [5.74, 6) is 0.166. The zero-order valence-electron chi connectivity index (χ0n) is 13.2.